The number of β-amino-alcohol motifs (C(OH)–C–C–N with tert-alkyl or cyclic N) is 1. The van der Waals surface area contributed by atoms with Crippen LogP contribution in [0.5, 0.6) is 0 Å². The van der Waals surface area contributed by atoms with Crippen LogP contribution in [-0.2, 0) is 6.54 Å². The summed E-state index contributed by atoms with van der Waals surface area (Å²) in [7, 11) is 0. The Bertz CT molecular complexity index is 603. The van der Waals surface area contributed by atoms with Crippen LogP contribution in [0.1, 0.15) is 18.2 Å². The van der Waals surface area contributed by atoms with Gasteiger partial charge in [0.15, 0.2) is 0 Å². The van der Waals surface area contributed by atoms with Gasteiger partial charge >= 0.3 is 6.03 Å². The molecule has 0 spiro atoms. The Morgan fingerprint density at radius 1 is 1.50 bits per heavy atom. The number of hydrogen-bond acceptors (Lipinski definition) is 3. The molecule has 2 heterocycles. The third-order valence-corrected chi connectivity index (χ3v) is 4.75. The van der Waals surface area contributed by atoms with E-state index in [2.05, 4.69) is 23.5 Å². The first-order valence-electron chi connectivity index (χ1n) is 6.76. The van der Waals surface area contributed by atoms with Gasteiger partial charge in [0.2, 0.25) is 0 Å². The minimum Gasteiger partial charge on any atom is -0.388 e. The number of fused-ring (bicyclic) bond motifs is 1. The van der Waals surface area contributed by atoms with Crippen molar-refractivity contribution in [3.63, 3.8) is 0 Å². The molecule has 3 rings (SSSR count). The predicted octanol–water partition coefficient (Wildman–Crippen LogP) is 2.57. The Labute approximate surface area is 122 Å². The first-order chi connectivity index (χ1) is 9.53. The fourth-order valence-corrected chi connectivity index (χ4v) is 3.52. The highest BCUT2D eigenvalue weighted by molar-refractivity contribution is 7.19. The van der Waals surface area contributed by atoms with Crippen LogP contribution in [-0.4, -0.2) is 34.7 Å². The average molecular weight is 290 g/mol. The average Bonchev–Trinajstić information content (AvgIpc) is 2.98. The van der Waals surface area contributed by atoms with Crippen molar-refractivity contribution >= 4 is 27.5 Å². The minimum atomic E-state index is -0.741. The summed E-state index contributed by atoms with van der Waals surface area (Å²) in [5.41, 5.74) is -0.741. The van der Waals surface area contributed by atoms with E-state index in [0.29, 0.717) is 26.1 Å². The standard InChI is InChI=1S/C15H18N2O2S/c1-15(19)6-7-17(10-15)14(18)16-9-12-8-11-4-2-3-5-13(11)20-12/h2-5,8,19H,6-7,9-10H2,1H3,(H,16,18). The van der Waals surface area contributed by atoms with Crippen LogP contribution in [0.3, 0.4) is 0 Å². The van der Waals surface area contributed by atoms with Crippen molar-refractivity contribution in [3.05, 3.63) is 35.2 Å². The molecule has 1 aliphatic rings. The van der Waals surface area contributed by atoms with Crippen molar-refractivity contribution in [3.8, 4) is 0 Å². The number of aliphatic hydroxyl groups is 1. The first kappa shape index (κ1) is 13.4. The predicted molar refractivity (Wildman–Crippen MR) is 80.9 cm³/mol. The lowest BCUT2D eigenvalue weighted by Gasteiger charge is -2.19. The molecule has 1 unspecified atom stereocenters. The summed E-state index contributed by atoms with van der Waals surface area (Å²) in [6.45, 7) is 3.33. The molecule has 106 valence electrons. The Balaban J connectivity index is 1.60. The SMILES string of the molecule is CC1(O)CCN(C(=O)NCc2cc3ccccc3s2)C1. The normalized spacial score (nSPS) is 22.4. The van der Waals surface area contributed by atoms with Gasteiger partial charge in [-0.05, 0) is 30.9 Å². The maximum absolute atomic E-state index is 12.0. The van der Waals surface area contributed by atoms with Crippen molar-refractivity contribution in [1.29, 1.82) is 0 Å². The zero-order chi connectivity index (χ0) is 14.2. The second kappa shape index (κ2) is 5.07. The molecule has 5 heteroatoms. The number of likely N-dealkylation sites (tertiary alicyclic amines) is 1. The largest absolute Gasteiger partial charge is 0.388 e. The Kier molecular flexibility index (Phi) is 3.40. The monoisotopic (exact) mass is 290 g/mol. The van der Waals surface area contributed by atoms with Gasteiger partial charge in [-0.3, -0.25) is 0 Å². The Morgan fingerprint density at radius 3 is 3.00 bits per heavy atom. The number of carbonyl (C=O) groups is 1. The molecule has 2 amide bonds. The van der Waals surface area contributed by atoms with Gasteiger partial charge < -0.3 is 15.3 Å². The number of nitrogens with zero attached hydrogens (tertiary/aromatic N) is 1. The van der Waals surface area contributed by atoms with E-state index < -0.39 is 5.60 Å². The van der Waals surface area contributed by atoms with Crippen LogP contribution in [0, 0.1) is 0 Å². The Hall–Kier alpha value is -1.59. The lowest BCUT2D eigenvalue weighted by atomic mass is 10.1. The van der Waals surface area contributed by atoms with Crippen LogP contribution >= 0.6 is 11.3 Å². The summed E-state index contributed by atoms with van der Waals surface area (Å²) >= 11 is 1.70. The zero-order valence-corrected chi connectivity index (χ0v) is 12.2. The number of rotatable bonds is 2. The van der Waals surface area contributed by atoms with E-state index in [0.717, 1.165) is 4.88 Å². The molecule has 1 atom stereocenters. The molecule has 2 aromatic rings. The molecule has 0 bridgehead atoms. The third-order valence-electron chi connectivity index (χ3n) is 3.63. The minimum absolute atomic E-state index is 0.0970. The van der Waals surface area contributed by atoms with Crippen LogP contribution < -0.4 is 5.32 Å². The van der Waals surface area contributed by atoms with Gasteiger partial charge in [-0.2, -0.15) is 0 Å². The lowest BCUT2D eigenvalue weighted by Crippen LogP contribution is -2.40. The molecule has 0 radical (unpaired) electrons. The summed E-state index contributed by atoms with van der Waals surface area (Å²) in [5, 5.41) is 14.0. The number of amides is 2. The fraction of sp³-hybridized carbons (Fsp3) is 0.400. The van der Waals surface area contributed by atoms with Crippen molar-refractivity contribution in [2.75, 3.05) is 13.1 Å². The smallest absolute Gasteiger partial charge is 0.317 e. The molecule has 20 heavy (non-hydrogen) atoms. The number of hydrogen-bond donors (Lipinski definition) is 2. The van der Waals surface area contributed by atoms with Gasteiger partial charge in [0.05, 0.1) is 18.7 Å². The second-order valence-electron chi connectivity index (χ2n) is 5.58. The van der Waals surface area contributed by atoms with Crippen LogP contribution in [0.15, 0.2) is 30.3 Å². The summed E-state index contributed by atoms with van der Waals surface area (Å²) < 4.78 is 1.24. The molecule has 1 aliphatic heterocycles. The lowest BCUT2D eigenvalue weighted by molar-refractivity contribution is 0.0719. The van der Waals surface area contributed by atoms with E-state index in [9.17, 15) is 9.90 Å². The first-order valence-corrected chi connectivity index (χ1v) is 7.58. The number of thiophene rings is 1. The van der Waals surface area contributed by atoms with Crippen molar-refractivity contribution in [2.24, 2.45) is 0 Å². The molecule has 1 aromatic carbocycles. The van der Waals surface area contributed by atoms with Gasteiger partial charge in [0.1, 0.15) is 0 Å². The van der Waals surface area contributed by atoms with E-state index in [1.54, 1.807) is 23.2 Å². The molecule has 1 fully saturated rings. The second-order valence-corrected chi connectivity index (χ2v) is 6.75. The van der Waals surface area contributed by atoms with Crippen LogP contribution in [0.4, 0.5) is 4.79 Å². The van der Waals surface area contributed by atoms with E-state index >= 15 is 0 Å². The maximum atomic E-state index is 12.0. The molecular formula is C15H18N2O2S. The van der Waals surface area contributed by atoms with Gasteiger partial charge in [-0.25, -0.2) is 4.79 Å². The van der Waals surface area contributed by atoms with E-state index in [-0.39, 0.29) is 6.03 Å². The van der Waals surface area contributed by atoms with E-state index in [1.807, 2.05) is 12.1 Å². The number of benzene rings is 1. The number of carbonyl (C=O) groups excluding carboxylic acids is 1. The van der Waals surface area contributed by atoms with Gasteiger partial charge in [0, 0.05) is 16.1 Å². The van der Waals surface area contributed by atoms with Crippen molar-refractivity contribution < 1.29 is 9.90 Å². The topological polar surface area (TPSA) is 52.6 Å². The quantitative estimate of drug-likeness (QED) is 0.893. The van der Waals surface area contributed by atoms with E-state index in [1.165, 1.54) is 10.1 Å². The molecule has 0 saturated carbocycles. The van der Waals surface area contributed by atoms with Gasteiger partial charge in [-0.1, -0.05) is 18.2 Å². The highest BCUT2D eigenvalue weighted by atomic mass is 32.1. The Morgan fingerprint density at radius 2 is 2.30 bits per heavy atom. The zero-order valence-electron chi connectivity index (χ0n) is 11.4. The molecule has 0 aliphatic carbocycles. The highest BCUT2D eigenvalue weighted by Gasteiger charge is 2.33. The molecule has 1 saturated heterocycles. The summed E-state index contributed by atoms with van der Waals surface area (Å²) in [6.07, 6.45) is 0.642. The molecule has 1 aromatic heterocycles. The van der Waals surface area contributed by atoms with Crippen molar-refractivity contribution in [1.82, 2.24) is 10.2 Å². The summed E-state index contributed by atoms with van der Waals surface area (Å²) in [6, 6.07) is 10.2. The van der Waals surface area contributed by atoms with Gasteiger partial charge in [0.25, 0.3) is 0 Å². The third kappa shape index (κ3) is 2.78. The van der Waals surface area contributed by atoms with Crippen LogP contribution in [0.2, 0.25) is 0 Å². The number of urea groups is 1. The maximum Gasteiger partial charge on any atom is 0.317 e. The summed E-state index contributed by atoms with van der Waals surface area (Å²) in [5.74, 6) is 0. The molecule has 4 nitrogen and oxygen atoms in total. The summed E-state index contributed by atoms with van der Waals surface area (Å²) in [4.78, 5) is 14.8. The number of nitrogens with one attached hydrogen (secondary N) is 1. The van der Waals surface area contributed by atoms with E-state index in [4.69, 9.17) is 0 Å². The van der Waals surface area contributed by atoms with Gasteiger partial charge in [-0.15, -0.1) is 11.3 Å². The van der Waals surface area contributed by atoms with Crippen LogP contribution in [0.25, 0.3) is 10.1 Å². The fourth-order valence-electron chi connectivity index (χ4n) is 2.52. The molecule has 2 N–H and O–H groups in total. The van der Waals surface area contributed by atoms with Crippen molar-refractivity contribution in [2.45, 2.75) is 25.5 Å². The highest BCUT2D eigenvalue weighted by Crippen LogP contribution is 2.25. The molecular weight excluding hydrogens is 272 g/mol.